The van der Waals surface area contributed by atoms with Gasteiger partial charge in [0, 0.05) is 18.9 Å². The van der Waals surface area contributed by atoms with E-state index < -0.39 is 0 Å². The number of halogens is 1. The van der Waals surface area contributed by atoms with Crippen molar-refractivity contribution in [1.29, 1.82) is 0 Å². The van der Waals surface area contributed by atoms with Crippen molar-refractivity contribution in [3.8, 4) is 0 Å². The zero-order valence-corrected chi connectivity index (χ0v) is 14.6. The van der Waals surface area contributed by atoms with Crippen LogP contribution in [0.1, 0.15) is 22.9 Å². The normalized spacial score (nSPS) is 12.9. The van der Waals surface area contributed by atoms with E-state index in [4.69, 9.17) is 0 Å². The Morgan fingerprint density at radius 3 is 2.76 bits per heavy atom. The molecule has 0 radical (unpaired) electrons. The van der Waals surface area contributed by atoms with Crippen LogP contribution in [0.4, 0.5) is 0 Å². The Bertz CT molecular complexity index is 593. The lowest BCUT2D eigenvalue weighted by Gasteiger charge is -2.21. The summed E-state index contributed by atoms with van der Waals surface area (Å²) in [5.74, 6) is 0. The summed E-state index contributed by atoms with van der Waals surface area (Å²) in [6, 6.07) is 2.15. The summed E-state index contributed by atoms with van der Waals surface area (Å²) in [5.41, 5.74) is 3.54. The first-order valence-electron chi connectivity index (χ1n) is 6.98. The molecule has 2 aromatic heterocycles. The Labute approximate surface area is 134 Å². The largest absolute Gasteiger partial charge is 0.308 e. The molecule has 0 bridgehead atoms. The maximum atomic E-state index is 4.50. The molecule has 0 aliphatic carbocycles. The SMILES string of the molecule is CNC(c1ccncc1C)c1c(Br)cnn1CCN(C)C. The standard InChI is InChI=1S/C15H22BrN5/c1-11-9-18-6-5-12(11)14(17-2)15-13(16)10-19-21(15)8-7-20(3)4/h5-6,9-10,14,17H,7-8H2,1-4H3. The number of nitrogens with zero attached hydrogens (tertiary/aromatic N) is 4. The first kappa shape index (κ1) is 16.1. The van der Waals surface area contributed by atoms with Crippen molar-refractivity contribution >= 4 is 15.9 Å². The van der Waals surface area contributed by atoms with Crippen molar-refractivity contribution in [1.82, 2.24) is 25.0 Å². The zero-order chi connectivity index (χ0) is 15.4. The fourth-order valence-electron chi connectivity index (χ4n) is 2.38. The van der Waals surface area contributed by atoms with E-state index in [0.717, 1.165) is 23.3 Å². The van der Waals surface area contributed by atoms with Crippen molar-refractivity contribution in [2.24, 2.45) is 0 Å². The average Bonchev–Trinajstić information content (AvgIpc) is 2.81. The van der Waals surface area contributed by atoms with Gasteiger partial charge in [0.1, 0.15) is 0 Å². The van der Waals surface area contributed by atoms with E-state index in [2.05, 4.69) is 68.0 Å². The van der Waals surface area contributed by atoms with Crippen LogP contribution in [0.3, 0.4) is 0 Å². The monoisotopic (exact) mass is 351 g/mol. The minimum absolute atomic E-state index is 0.0898. The Hall–Kier alpha value is -1.24. The molecule has 1 unspecified atom stereocenters. The van der Waals surface area contributed by atoms with Crippen LogP contribution in [0.25, 0.3) is 0 Å². The van der Waals surface area contributed by atoms with E-state index in [1.54, 1.807) is 0 Å². The average molecular weight is 352 g/mol. The van der Waals surface area contributed by atoms with E-state index >= 15 is 0 Å². The van der Waals surface area contributed by atoms with Gasteiger partial charge in [0.25, 0.3) is 0 Å². The van der Waals surface area contributed by atoms with Crippen LogP contribution in [-0.4, -0.2) is 47.4 Å². The first-order valence-corrected chi connectivity index (χ1v) is 7.77. The Balaban J connectivity index is 2.38. The van der Waals surface area contributed by atoms with Crippen LogP contribution in [-0.2, 0) is 6.54 Å². The van der Waals surface area contributed by atoms with Gasteiger partial charge in [-0.2, -0.15) is 5.10 Å². The summed E-state index contributed by atoms with van der Waals surface area (Å²) in [7, 11) is 6.11. The Morgan fingerprint density at radius 2 is 2.14 bits per heavy atom. The summed E-state index contributed by atoms with van der Waals surface area (Å²) < 4.78 is 3.09. The van der Waals surface area contributed by atoms with Crippen LogP contribution in [0.5, 0.6) is 0 Å². The molecule has 2 rings (SSSR count). The van der Waals surface area contributed by atoms with Gasteiger partial charge in [0.2, 0.25) is 0 Å². The lowest BCUT2D eigenvalue weighted by molar-refractivity contribution is 0.366. The molecular weight excluding hydrogens is 330 g/mol. The molecule has 0 aromatic carbocycles. The first-order chi connectivity index (χ1) is 10.0. The summed E-state index contributed by atoms with van der Waals surface area (Å²) in [5, 5.41) is 7.90. The smallest absolute Gasteiger partial charge is 0.0761 e. The van der Waals surface area contributed by atoms with Gasteiger partial charge in [-0.15, -0.1) is 0 Å². The molecule has 21 heavy (non-hydrogen) atoms. The number of likely N-dealkylation sites (N-methyl/N-ethyl adjacent to an activating group) is 1. The minimum atomic E-state index is 0.0898. The number of hydrogen-bond acceptors (Lipinski definition) is 4. The van der Waals surface area contributed by atoms with Gasteiger partial charge in [-0.05, 0) is 61.2 Å². The van der Waals surface area contributed by atoms with E-state index in [0.29, 0.717) is 0 Å². The van der Waals surface area contributed by atoms with Gasteiger partial charge in [-0.1, -0.05) is 0 Å². The summed E-state index contributed by atoms with van der Waals surface area (Å²) >= 11 is 3.63. The third-order valence-electron chi connectivity index (χ3n) is 3.53. The second-order valence-electron chi connectivity index (χ2n) is 5.36. The molecule has 0 spiro atoms. The van der Waals surface area contributed by atoms with Crippen molar-refractivity contribution in [3.05, 3.63) is 46.0 Å². The molecule has 1 atom stereocenters. The lowest BCUT2D eigenvalue weighted by Crippen LogP contribution is -2.26. The Morgan fingerprint density at radius 1 is 1.38 bits per heavy atom. The third kappa shape index (κ3) is 3.70. The topological polar surface area (TPSA) is 46.0 Å². The second kappa shape index (κ2) is 7.15. The number of nitrogens with one attached hydrogen (secondary N) is 1. The number of hydrogen-bond donors (Lipinski definition) is 1. The Kier molecular flexibility index (Phi) is 5.50. The maximum Gasteiger partial charge on any atom is 0.0761 e. The maximum absolute atomic E-state index is 4.50. The van der Waals surface area contributed by atoms with Gasteiger partial charge in [0.05, 0.1) is 29.0 Å². The highest BCUT2D eigenvalue weighted by Crippen LogP contribution is 2.29. The lowest BCUT2D eigenvalue weighted by atomic mass is 10.0. The molecule has 2 aromatic rings. The molecule has 1 N–H and O–H groups in total. The molecule has 114 valence electrons. The minimum Gasteiger partial charge on any atom is -0.308 e. The summed E-state index contributed by atoms with van der Waals surface area (Å²) in [6.07, 6.45) is 5.60. The fourth-order valence-corrected chi connectivity index (χ4v) is 2.90. The second-order valence-corrected chi connectivity index (χ2v) is 6.21. The molecule has 0 saturated carbocycles. The highest BCUT2D eigenvalue weighted by atomic mass is 79.9. The number of aromatic nitrogens is 3. The van der Waals surface area contributed by atoms with E-state index in [1.165, 1.54) is 11.1 Å². The molecule has 5 nitrogen and oxygen atoms in total. The number of pyridine rings is 1. The van der Waals surface area contributed by atoms with Crippen LogP contribution in [0, 0.1) is 6.92 Å². The molecule has 6 heteroatoms. The van der Waals surface area contributed by atoms with Gasteiger partial charge < -0.3 is 10.2 Å². The van der Waals surface area contributed by atoms with E-state index in [-0.39, 0.29) is 6.04 Å². The van der Waals surface area contributed by atoms with E-state index in [9.17, 15) is 0 Å². The zero-order valence-electron chi connectivity index (χ0n) is 13.0. The van der Waals surface area contributed by atoms with Crippen molar-refractivity contribution in [3.63, 3.8) is 0 Å². The summed E-state index contributed by atoms with van der Waals surface area (Å²) in [4.78, 5) is 6.34. The highest BCUT2D eigenvalue weighted by Gasteiger charge is 2.21. The highest BCUT2D eigenvalue weighted by molar-refractivity contribution is 9.10. The molecule has 0 amide bonds. The predicted molar refractivity (Wildman–Crippen MR) is 88.4 cm³/mol. The van der Waals surface area contributed by atoms with Crippen LogP contribution < -0.4 is 5.32 Å². The molecule has 2 heterocycles. The van der Waals surface area contributed by atoms with E-state index in [1.807, 2.05) is 25.6 Å². The van der Waals surface area contributed by atoms with Crippen molar-refractivity contribution in [2.45, 2.75) is 19.5 Å². The third-order valence-corrected chi connectivity index (χ3v) is 4.14. The molecular formula is C15H22BrN5. The molecule has 0 fully saturated rings. The fraction of sp³-hybridized carbons (Fsp3) is 0.467. The number of rotatable bonds is 6. The van der Waals surface area contributed by atoms with Gasteiger partial charge in [-0.3, -0.25) is 9.67 Å². The summed E-state index contributed by atoms with van der Waals surface area (Å²) in [6.45, 7) is 3.89. The van der Waals surface area contributed by atoms with Crippen molar-refractivity contribution < 1.29 is 0 Å². The van der Waals surface area contributed by atoms with Gasteiger partial charge in [0.15, 0.2) is 0 Å². The van der Waals surface area contributed by atoms with Gasteiger partial charge in [-0.25, -0.2) is 0 Å². The van der Waals surface area contributed by atoms with Crippen LogP contribution in [0.2, 0.25) is 0 Å². The quantitative estimate of drug-likeness (QED) is 0.866. The van der Waals surface area contributed by atoms with Crippen LogP contribution >= 0.6 is 15.9 Å². The van der Waals surface area contributed by atoms with Crippen LogP contribution in [0.15, 0.2) is 29.1 Å². The number of aryl methyl sites for hydroxylation is 1. The molecule has 0 aliphatic heterocycles. The van der Waals surface area contributed by atoms with Gasteiger partial charge >= 0.3 is 0 Å². The molecule has 0 saturated heterocycles. The molecule has 0 aliphatic rings. The predicted octanol–water partition coefficient (Wildman–Crippen LogP) is 2.22. The van der Waals surface area contributed by atoms with Crippen molar-refractivity contribution in [2.75, 3.05) is 27.7 Å².